The van der Waals surface area contributed by atoms with Crippen molar-refractivity contribution in [2.75, 3.05) is 12.4 Å². The minimum atomic E-state index is -0.345. The number of methoxy groups -OCH3 is 1. The Hall–Kier alpha value is -3.54. The van der Waals surface area contributed by atoms with Crippen LogP contribution in [-0.2, 0) is 0 Å². The van der Waals surface area contributed by atoms with E-state index in [0.717, 1.165) is 11.3 Å². The summed E-state index contributed by atoms with van der Waals surface area (Å²) in [5, 5.41) is 5.66. The molecule has 138 valence electrons. The lowest BCUT2D eigenvalue weighted by Crippen LogP contribution is -2.26. The van der Waals surface area contributed by atoms with Crippen LogP contribution in [0, 0.1) is 0 Å². The Kier molecular flexibility index (Phi) is 5.56. The van der Waals surface area contributed by atoms with Crippen molar-refractivity contribution in [1.82, 2.24) is 5.32 Å². The van der Waals surface area contributed by atoms with E-state index >= 15 is 0 Å². The van der Waals surface area contributed by atoms with Crippen molar-refractivity contribution < 1.29 is 18.7 Å². The van der Waals surface area contributed by atoms with E-state index in [1.54, 1.807) is 43.5 Å². The topological polar surface area (TPSA) is 80.6 Å². The summed E-state index contributed by atoms with van der Waals surface area (Å²) >= 11 is 0. The number of ether oxygens (including phenoxy) is 1. The molecule has 0 aliphatic rings. The van der Waals surface area contributed by atoms with Crippen LogP contribution in [-0.4, -0.2) is 18.9 Å². The molecular formula is C21H20N2O4. The normalized spacial score (nSPS) is 11.5. The molecule has 6 heteroatoms. The lowest BCUT2D eigenvalue weighted by molar-refractivity contribution is 0.0938. The second-order valence-electron chi connectivity index (χ2n) is 5.95. The number of rotatable bonds is 6. The molecule has 2 N–H and O–H groups in total. The summed E-state index contributed by atoms with van der Waals surface area (Å²) in [6.45, 7) is 1.90. The van der Waals surface area contributed by atoms with Crippen molar-refractivity contribution in [2.24, 2.45) is 0 Å². The first kappa shape index (κ1) is 18.3. The minimum absolute atomic E-state index is 0.211. The third-order valence-electron chi connectivity index (χ3n) is 4.10. The number of carbonyl (C=O) groups is 2. The van der Waals surface area contributed by atoms with Gasteiger partial charge >= 0.3 is 0 Å². The van der Waals surface area contributed by atoms with E-state index in [1.165, 1.54) is 6.26 Å². The molecule has 1 heterocycles. The zero-order valence-corrected chi connectivity index (χ0v) is 15.1. The van der Waals surface area contributed by atoms with Crippen LogP contribution in [0.1, 0.15) is 39.4 Å². The first-order chi connectivity index (χ1) is 13.1. The van der Waals surface area contributed by atoms with Gasteiger partial charge in [-0.05, 0) is 49.4 Å². The Balaban J connectivity index is 1.64. The van der Waals surface area contributed by atoms with E-state index in [9.17, 15) is 9.59 Å². The van der Waals surface area contributed by atoms with Gasteiger partial charge in [0, 0.05) is 16.8 Å². The van der Waals surface area contributed by atoms with E-state index in [1.807, 2.05) is 31.2 Å². The number of para-hydroxylation sites is 1. The molecule has 3 rings (SSSR count). The van der Waals surface area contributed by atoms with Crippen molar-refractivity contribution in [2.45, 2.75) is 13.0 Å². The molecule has 0 bridgehead atoms. The third-order valence-corrected chi connectivity index (χ3v) is 4.10. The smallest absolute Gasteiger partial charge is 0.291 e. The Morgan fingerprint density at radius 3 is 2.37 bits per heavy atom. The highest BCUT2D eigenvalue weighted by Crippen LogP contribution is 2.24. The highest BCUT2D eigenvalue weighted by atomic mass is 16.5. The van der Waals surface area contributed by atoms with Crippen molar-refractivity contribution >= 4 is 17.5 Å². The SMILES string of the molecule is COc1ccccc1[C@@H](C)NC(=O)c1ccc(NC(=O)c2ccco2)cc1. The van der Waals surface area contributed by atoms with E-state index in [-0.39, 0.29) is 23.6 Å². The number of nitrogens with one attached hydrogen (secondary N) is 2. The van der Waals surface area contributed by atoms with Crippen molar-refractivity contribution in [3.8, 4) is 5.75 Å². The fourth-order valence-electron chi connectivity index (χ4n) is 2.69. The number of carbonyl (C=O) groups excluding carboxylic acids is 2. The molecule has 3 aromatic rings. The van der Waals surface area contributed by atoms with E-state index in [4.69, 9.17) is 9.15 Å². The molecule has 0 fully saturated rings. The number of amides is 2. The zero-order chi connectivity index (χ0) is 19.2. The van der Waals surface area contributed by atoms with Crippen LogP contribution in [0.25, 0.3) is 0 Å². The molecule has 2 amide bonds. The molecule has 1 aromatic heterocycles. The first-order valence-electron chi connectivity index (χ1n) is 8.47. The highest BCUT2D eigenvalue weighted by molar-refractivity contribution is 6.02. The molecule has 0 unspecified atom stereocenters. The predicted molar refractivity (Wildman–Crippen MR) is 102 cm³/mol. The van der Waals surface area contributed by atoms with Crippen LogP contribution < -0.4 is 15.4 Å². The van der Waals surface area contributed by atoms with Crippen molar-refractivity contribution in [3.63, 3.8) is 0 Å². The Morgan fingerprint density at radius 2 is 1.70 bits per heavy atom. The summed E-state index contributed by atoms with van der Waals surface area (Å²) < 4.78 is 10.4. The van der Waals surface area contributed by atoms with Crippen LogP contribution in [0.3, 0.4) is 0 Å². The van der Waals surface area contributed by atoms with Gasteiger partial charge in [0.15, 0.2) is 5.76 Å². The first-order valence-corrected chi connectivity index (χ1v) is 8.47. The van der Waals surface area contributed by atoms with Gasteiger partial charge in [-0.25, -0.2) is 0 Å². The maximum absolute atomic E-state index is 12.5. The summed E-state index contributed by atoms with van der Waals surface area (Å²) in [7, 11) is 1.60. The Labute approximate surface area is 157 Å². The largest absolute Gasteiger partial charge is 0.496 e. The summed E-state index contributed by atoms with van der Waals surface area (Å²) in [5.74, 6) is 0.392. The van der Waals surface area contributed by atoms with Crippen LogP contribution in [0.4, 0.5) is 5.69 Å². The minimum Gasteiger partial charge on any atom is -0.496 e. The second-order valence-corrected chi connectivity index (χ2v) is 5.95. The fourth-order valence-corrected chi connectivity index (χ4v) is 2.69. The van der Waals surface area contributed by atoms with Crippen LogP contribution >= 0.6 is 0 Å². The monoisotopic (exact) mass is 364 g/mol. The van der Waals surface area contributed by atoms with Crippen LogP contribution in [0.5, 0.6) is 5.75 Å². The van der Waals surface area contributed by atoms with Crippen LogP contribution in [0.2, 0.25) is 0 Å². The molecule has 2 aromatic carbocycles. The van der Waals surface area contributed by atoms with E-state index in [0.29, 0.717) is 11.3 Å². The molecule has 0 aliphatic heterocycles. The number of hydrogen-bond donors (Lipinski definition) is 2. The summed E-state index contributed by atoms with van der Waals surface area (Å²) in [5.41, 5.74) is 1.97. The maximum Gasteiger partial charge on any atom is 0.291 e. The maximum atomic E-state index is 12.5. The molecule has 0 saturated carbocycles. The summed E-state index contributed by atoms with van der Waals surface area (Å²) in [6.07, 6.45) is 1.44. The average molecular weight is 364 g/mol. The van der Waals surface area contributed by atoms with Gasteiger partial charge in [0.25, 0.3) is 11.8 Å². The van der Waals surface area contributed by atoms with Gasteiger partial charge in [0.2, 0.25) is 0 Å². The zero-order valence-electron chi connectivity index (χ0n) is 15.1. The molecule has 1 atom stereocenters. The average Bonchev–Trinajstić information content (AvgIpc) is 3.23. The Bertz CT molecular complexity index is 918. The number of benzene rings is 2. The van der Waals surface area contributed by atoms with Gasteiger partial charge in [-0.15, -0.1) is 0 Å². The summed E-state index contributed by atoms with van der Waals surface area (Å²) in [6, 6.07) is 17.2. The van der Waals surface area contributed by atoms with Gasteiger partial charge in [-0.1, -0.05) is 18.2 Å². The molecule has 0 saturated heterocycles. The third kappa shape index (κ3) is 4.36. The fraction of sp³-hybridized carbons (Fsp3) is 0.143. The molecule has 0 aliphatic carbocycles. The van der Waals surface area contributed by atoms with Crippen molar-refractivity contribution in [1.29, 1.82) is 0 Å². The second kappa shape index (κ2) is 8.23. The Morgan fingerprint density at radius 1 is 0.963 bits per heavy atom. The number of furan rings is 1. The molecule has 0 spiro atoms. The van der Waals surface area contributed by atoms with Gasteiger partial charge in [-0.3, -0.25) is 9.59 Å². The van der Waals surface area contributed by atoms with Gasteiger partial charge in [0.1, 0.15) is 5.75 Å². The standard InChI is InChI=1S/C21H20N2O4/c1-14(17-6-3-4-7-18(17)26-2)22-20(24)15-9-11-16(12-10-15)23-21(25)19-8-5-13-27-19/h3-14H,1-2H3,(H,22,24)(H,23,25)/t14-/m1/s1. The predicted octanol–water partition coefficient (Wildman–Crippen LogP) is 4.03. The quantitative estimate of drug-likeness (QED) is 0.692. The van der Waals surface area contributed by atoms with Gasteiger partial charge < -0.3 is 19.8 Å². The van der Waals surface area contributed by atoms with Gasteiger partial charge in [-0.2, -0.15) is 0 Å². The van der Waals surface area contributed by atoms with Crippen molar-refractivity contribution in [3.05, 3.63) is 83.8 Å². The highest BCUT2D eigenvalue weighted by Gasteiger charge is 2.15. The van der Waals surface area contributed by atoms with E-state index in [2.05, 4.69) is 10.6 Å². The number of anilines is 1. The number of hydrogen-bond acceptors (Lipinski definition) is 4. The van der Waals surface area contributed by atoms with Crippen LogP contribution in [0.15, 0.2) is 71.3 Å². The molecule has 27 heavy (non-hydrogen) atoms. The lowest BCUT2D eigenvalue weighted by Gasteiger charge is -2.17. The molecule has 0 radical (unpaired) electrons. The molecule has 6 nitrogen and oxygen atoms in total. The molecular weight excluding hydrogens is 344 g/mol. The lowest BCUT2D eigenvalue weighted by atomic mass is 10.1. The summed E-state index contributed by atoms with van der Waals surface area (Å²) in [4.78, 5) is 24.5. The van der Waals surface area contributed by atoms with Gasteiger partial charge in [0.05, 0.1) is 19.4 Å². The van der Waals surface area contributed by atoms with E-state index < -0.39 is 0 Å².